The van der Waals surface area contributed by atoms with Crippen molar-refractivity contribution in [3.63, 3.8) is 0 Å². The van der Waals surface area contributed by atoms with E-state index in [1.807, 2.05) is 0 Å². The lowest BCUT2D eigenvalue weighted by Gasteiger charge is -2.16. The third-order valence-corrected chi connectivity index (χ3v) is 4.48. The molecule has 1 aromatic rings. The van der Waals surface area contributed by atoms with E-state index in [4.69, 9.17) is 14.2 Å². The second-order valence-electron chi connectivity index (χ2n) is 4.02. The lowest BCUT2D eigenvalue weighted by molar-refractivity contribution is -0.131. The Morgan fingerprint density at radius 1 is 1.20 bits per heavy atom. The van der Waals surface area contributed by atoms with Gasteiger partial charge < -0.3 is 14.2 Å². The zero-order valence-corrected chi connectivity index (χ0v) is 12.5. The van der Waals surface area contributed by atoms with Crippen LogP contribution in [0.2, 0.25) is 0 Å². The van der Waals surface area contributed by atoms with Gasteiger partial charge in [0.25, 0.3) is 0 Å². The molecule has 0 aliphatic rings. The average molecular weight is 298 g/mol. The van der Waals surface area contributed by atoms with Crippen molar-refractivity contribution in [1.29, 1.82) is 0 Å². The summed E-state index contributed by atoms with van der Waals surface area (Å²) in [6.45, 7) is 4.20. The molecule has 0 heterocycles. The number of hydrogen-bond donors (Lipinski definition) is 1. The highest BCUT2D eigenvalue weighted by Gasteiger charge is 2.23. The van der Waals surface area contributed by atoms with E-state index in [0.717, 1.165) is 17.2 Å². The van der Waals surface area contributed by atoms with Crippen LogP contribution < -0.4 is 0 Å². The lowest BCUT2D eigenvalue weighted by atomic mass is 10.1. The van der Waals surface area contributed by atoms with Gasteiger partial charge in [-0.2, -0.15) is 0 Å². The Bertz CT molecular complexity index is 497. The highest BCUT2D eigenvalue weighted by molar-refractivity contribution is 7.53. The van der Waals surface area contributed by atoms with Gasteiger partial charge >= 0.3 is 13.6 Å². The van der Waals surface area contributed by atoms with E-state index >= 15 is 0 Å². The minimum Gasteiger partial charge on any atom is -0.478 e. The Labute approximate surface area is 118 Å². The maximum Gasteiger partial charge on any atom is 0.335 e. The Kier molecular flexibility index (Phi) is 6.65. The molecule has 1 rings (SSSR count). The molecule has 0 fully saturated rings. The van der Waals surface area contributed by atoms with Crippen molar-refractivity contribution in [2.45, 2.75) is 20.0 Å². The second kappa shape index (κ2) is 8.00. The molecule has 0 amide bonds. The van der Waals surface area contributed by atoms with Gasteiger partial charge in [-0.1, -0.05) is 24.3 Å². The van der Waals surface area contributed by atoms with Crippen molar-refractivity contribution < 1.29 is 23.5 Å². The maximum atomic E-state index is 12.3. The molecule has 6 heteroatoms. The Balaban J connectivity index is 2.77. The van der Waals surface area contributed by atoms with Gasteiger partial charge in [-0.3, -0.25) is 4.57 Å². The molecular formula is C14H19O5P. The number of hydrogen-bond acceptors (Lipinski definition) is 4. The molecule has 0 atom stereocenters. The quantitative estimate of drug-likeness (QED) is 0.587. The molecule has 0 aliphatic carbocycles. The molecule has 0 aliphatic heterocycles. The number of carbonyl (C=O) groups is 1. The minimum atomic E-state index is -3.10. The van der Waals surface area contributed by atoms with Crippen LogP contribution in [0.4, 0.5) is 0 Å². The van der Waals surface area contributed by atoms with Gasteiger partial charge in [0.1, 0.15) is 0 Å². The SMILES string of the molecule is CCOP(=O)(Cc1ccc(C=CC(=O)O)cc1)OCC. The number of aliphatic carboxylic acids is 1. The van der Waals surface area contributed by atoms with Crippen molar-refractivity contribution in [1.82, 2.24) is 0 Å². The van der Waals surface area contributed by atoms with Crippen LogP contribution in [0.1, 0.15) is 25.0 Å². The highest BCUT2D eigenvalue weighted by Crippen LogP contribution is 2.51. The summed E-state index contributed by atoms with van der Waals surface area (Å²) in [5.41, 5.74) is 1.58. The molecule has 0 saturated heterocycles. The number of benzene rings is 1. The standard InChI is InChI=1S/C14H19O5P/c1-3-18-20(17,19-4-2)11-13-7-5-12(6-8-13)9-10-14(15)16/h5-10H,3-4,11H2,1-2H3,(H,15,16). The molecule has 0 aromatic heterocycles. The summed E-state index contributed by atoms with van der Waals surface area (Å²) in [4.78, 5) is 10.4. The first-order valence-corrected chi connectivity index (χ1v) is 8.10. The van der Waals surface area contributed by atoms with E-state index in [1.54, 1.807) is 38.1 Å². The zero-order chi connectivity index (χ0) is 15.0. The summed E-state index contributed by atoms with van der Waals surface area (Å²) < 4.78 is 22.8. The Morgan fingerprint density at radius 3 is 2.20 bits per heavy atom. The molecule has 110 valence electrons. The van der Waals surface area contributed by atoms with E-state index in [9.17, 15) is 9.36 Å². The van der Waals surface area contributed by atoms with Crippen molar-refractivity contribution in [3.8, 4) is 0 Å². The maximum absolute atomic E-state index is 12.3. The molecule has 20 heavy (non-hydrogen) atoms. The van der Waals surface area contributed by atoms with Gasteiger partial charge in [0.2, 0.25) is 0 Å². The predicted molar refractivity (Wildman–Crippen MR) is 77.7 cm³/mol. The molecule has 0 saturated carbocycles. The predicted octanol–water partition coefficient (Wildman–Crippen LogP) is 3.55. The van der Waals surface area contributed by atoms with Crippen LogP contribution in [0, 0.1) is 0 Å². The van der Waals surface area contributed by atoms with Crippen LogP contribution in [0.25, 0.3) is 6.08 Å². The fourth-order valence-electron chi connectivity index (χ4n) is 1.65. The first-order valence-electron chi connectivity index (χ1n) is 6.37. The molecule has 0 radical (unpaired) electrons. The number of carboxylic acids is 1. The van der Waals surface area contributed by atoms with Crippen LogP contribution >= 0.6 is 7.60 Å². The summed E-state index contributed by atoms with van der Waals surface area (Å²) in [5.74, 6) is -0.994. The van der Waals surface area contributed by atoms with Crippen molar-refractivity contribution in [2.75, 3.05) is 13.2 Å². The molecule has 0 bridgehead atoms. The van der Waals surface area contributed by atoms with E-state index < -0.39 is 13.6 Å². The topological polar surface area (TPSA) is 72.8 Å². The average Bonchev–Trinajstić information content (AvgIpc) is 2.38. The van der Waals surface area contributed by atoms with Crippen LogP contribution in [0.15, 0.2) is 30.3 Å². The fraction of sp³-hybridized carbons (Fsp3) is 0.357. The molecule has 5 nitrogen and oxygen atoms in total. The first kappa shape index (κ1) is 16.6. The number of carboxylic acid groups (broad SMARTS) is 1. The third kappa shape index (κ3) is 5.70. The Hall–Kier alpha value is -1.42. The molecule has 1 N–H and O–H groups in total. The van der Waals surface area contributed by atoms with E-state index in [-0.39, 0.29) is 6.16 Å². The monoisotopic (exact) mass is 298 g/mol. The largest absolute Gasteiger partial charge is 0.478 e. The van der Waals surface area contributed by atoms with Crippen molar-refractivity contribution >= 4 is 19.6 Å². The van der Waals surface area contributed by atoms with E-state index in [1.165, 1.54) is 6.08 Å². The molecule has 0 spiro atoms. The first-order chi connectivity index (χ1) is 9.49. The van der Waals surface area contributed by atoms with E-state index in [0.29, 0.717) is 13.2 Å². The summed E-state index contributed by atoms with van der Waals surface area (Å²) in [5, 5.41) is 8.54. The van der Waals surface area contributed by atoms with Gasteiger partial charge in [0.15, 0.2) is 0 Å². The zero-order valence-electron chi connectivity index (χ0n) is 11.6. The normalized spacial score (nSPS) is 11.9. The second-order valence-corrected chi connectivity index (χ2v) is 6.07. The minimum absolute atomic E-state index is 0.206. The van der Waals surface area contributed by atoms with Crippen molar-refractivity contribution in [2.24, 2.45) is 0 Å². The highest BCUT2D eigenvalue weighted by atomic mass is 31.2. The van der Waals surface area contributed by atoms with Crippen LogP contribution in [0.5, 0.6) is 0 Å². The summed E-state index contributed by atoms with van der Waals surface area (Å²) in [6.07, 6.45) is 2.77. The summed E-state index contributed by atoms with van der Waals surface area (Å²) in [6, 6.07) is 7.09. The number of rotatable bonds is 8. The molecule has 0 unspecified atom stereocenters. The van der Waals surface area contributed by atoms with Gasteiger partial charge in [0, 0.05) is 6.08 Å². The summed E-state index contributed by atoms with van der Waals surface area (Å²) in [7, 11) is -3.10. The van der Waals surface area contributed by atoms with Crippen molar-refractivity contribution in [3.05, 3.63) is 41.5 Å². The summed E-state index contributed by atoms with van der Waals surface area (Å²) >= 11 is 0. The lowest BCUT2D eigenvalue weighted by Crippen LogP contribution is -1.99. The Morgan fingerprint density at radius 2 is 1.75 bits per heavy atom. The fourth-order valence-corrected chi connectivity index (χ4v) is 3.35. The van der Waals surface area contributed by atoms with Gasteiger partial charge in [-0.25, -0.2) is 4.79 Å². The molecule has 1 aromatic carbocycles. The van der Waals surface area contributed by atoms with E-state index in [2.05, 4.69) is 0 Å². The van der Waals surface area contributed by atoms with Gasteiger partial charge in [-0.15, -0.1) is 0 Å². The van der Waals surface area contributed by atoms with Crippen LogP contribution in [0.3, 0.4) is 0 Å². The smallest absolute Gasteiger partial charge is 0.335 e. The van der Waals surface area contributed by atoms with Crippen LogP contribution in [-0.2, 0) is 24.6 Å². The van der Waals surface area contributed by atoms with Gasteiger partial charge in [-0.05, 0) is 31.1 Å². The van der Waals surface area contributed by atoms with Gasteiger partial charge in [0.05, 0.1) is 19.4 Å². The van der Waals surface area contributed by atoms with Crippen LogP contribution in [-0.4, -0.2) is 24.3 Å². The molecular weight excluding hydrogens is 279 g/mol. The third-order valence-electron chi connectivity index (χ3n) is 2.43.